The van der Waals surface area contributed by atoms with E-state index in [1.807, 2.05) is 64.1 Å². The molecule has 0 aliphatic carbocycles. The molecule has 7 nitrogen and oxygen atoms in total. The topological polar surface area (TPSA) is 86.8 Å². The summed E-state index contributed by atoms with van der Waals surface area (Å²) in [7, 11) is -3.52. The zero-order valence-electron chi connectivity index (χ0n) is 21.8. The van der Waals surface area contributed by atoms with Gasteiger partial charge in [-0.2, -0.15) is 0 Å². The van der Waals surface area contributed by atoms with E-state index in [2.05, 4.69) is 5.32 Å². The fraction of sp³-hybridized carbons (Fsp3) is 0.481. The van der Waals surface area contributed by atoms with Crippen molar-refractivity contribution in [3.05, 3.63) is 64.7 Å². The quantitative estimate of drug-likeness (QED) is 0.474. The summed E-state index contributed by atoms with van der Waals surface area (Å²) in [5, 5.41) is 2.87. The number of anilines is 1. The molecule has 2 rings (SSSR count). The lowest BCUT2D eigenvalue weighted by Crippen LogP contribution is -2.48. The maximum Gasteiger partial charge on any atom is 0.242 e. The van der Waals surface area contributed by atoms with E-state index in [-0.39, 0.29) is 24.8 Å². The fourth-order valence-electron chi connectivity index (χ4n) is 3.83. The number of amides is 2. The summed E-state index contributed by atoms with van der Waals surface area (Å²) in [6, 6.07) is 12.7. The normalized spacial score (nSPS) is 12.2. The monoisotopic (exact) mass is 501 g/mol. The number of sulfonamides is 1. The van der Waals surface area contributed by atoms with Gasteiger partial charge in [-0.05, 0) is 74.9 Å². The second-order valence-electron chi connectivity index (χ2n) is 9.12. The van der Waals surface area contributed by atoms with Gasteiger partial charge in [0.05, 0.1) is 11.9 Å². The molecule has 0 spiro atoms. The van der Waals surface area contributed by atoms with Gasteiger partial charge in [0.25, 0.3) is 0 Å². The predicted octanol–water partition coefficient (Wildman–Crippen LogP) is 4.10. The molecule has 0 aliphatic rings. The van der Waals surface area contributed by atoms with Crippen LogP contribution in [0.2, 0.25) is 0 Å². The number of rotatable bonds is 12. The van der Waals surface area contributed by atoms with E-state index in [1.54, 1.807) is 17.9 Å². The molecule has 2 aromatic rings. The Morgan fingerprint density at radius 2 is 1.69 bits per heavy atom. The van der Waals surface area contributed by atoms with E-state index >= 15 is 0 Å². The largest absolute Gasteiger partial charge is 0.354 e. The summed E-state index contributed by atoms with van der Waals surface area (Å²) in [6.45, 7) is 10.7. The van der Waals surface area contributed by atoms with Crippen molar-refractivity contribution in [3.63, 3.8) is 0 Å². The number of carbonyl (C=O) groups excluding carboxylic acids is 2. The van der Waals surface area contributed by atoms with Crippen molar-refractivity contribution < 1.29 is 18.0 Å². The van der Waals surface area contributed by atoms with Crippen LogP contribution in [0.25, 0.3) is 0 Å². The summed E-state index contributed by atoms with van der Waals surface area (Å²) in [6.07, 6.45) is 2.46. The van der Waals surface area contributed by atoms with Crippen molar-refractivity contribution in [2.45, 2.75) is 66.5 Å². The molecule has 0 saturated carbocycles. The van der Waals surface area contributed by atoms with Crippen LogP contribution in [0.5, 0.6) is 0 Å². The third-order valence-corrected chi connectivity index (χ3v) is 7.44. The molecule has 0 aromatic heterocycles. The third-order valence-electron chi connectivity index (χ3n) is 6.25. The molecule has 0 bridgehead atoms. The first-order valence-corrected chi connectivity index (χ1v) is 14.0. The molecule has 0 aliphatic heterocycles. The number of aryl methyl sites for hydroxylation is 3. The van der Waals surface area contributed by atoms with Crippen molar-refractivity contribution >= 4 is 27.5 Å². The van der Waals surface area contributed by atoms with Crippen LogP contribution in [0.15, 0.2) is 42.5 Å². The number of nitrogens with zero attached hydrogens (tertiary/aromatic N) is 2. The number of hydrogen-bond acceptors (Lipinski definition) is 4. The van der Waals surface area contributed by atoms with Crippen LogP contribution in [0.3, 0.4) is 0 Å². The van der Waals surface area contributed by atoms with Gasteiger partial charge in [-0.25, -0.2) is 8.42 Å². The molecule has 2 amide bonds. The predicted molar refractivity (Wildman–Crippen MR) is 142 cm³/mol. The van der Waals surface area contributed by atoms with Crippen LogP contribution in [-0.4, -0.2) is 50.5 Å². The Labute approximate surface area is 210 Å². The molecule has 0 unspecified atom stereocenters. The first kappa shape index (κ1) is 28.4. The number of carbonyl (C=O) groups is 2. The van der Waals surface area contributed by atoms with Crippen LogP contribution in [-0.2, 0) is 26.2 Å². The minimum absolute atomic E-state index is 0.133. The van der Waals surface area contributed by atoms with Gasteiger partial charge in [-0.1, -0.05) is 37.3 Å². The Balaban J connectivity index is 2.18. The van der Waals surface area contributed by atoms with Gasteiger partial charge in [-0.15, -0.1) is 0 Å². The molecular formula is C27H39N3O4S. The van der Waals surface area contributed by atoms with E-state index in [1.165, 1.54) is 10.6 Å². The maximum atomic E-state index is 13.3. The van der Waals surface area contributed by atoms with E-state index < -0.39 is 16.1 Å². The van der Waals surface area contributed by atoms with Crippen LogP contribution >= 0.6 is 0 Å². The molecule has 192 valence electrons. The van der Waals surface area contributed by atoms with Gasteiger partial charge in [0.15, 0.2) is 0 Å². The Hall–Kier alpha value is -2.87. The summed E-state index contributed by atoms with van der Waals surface area (Å²) < 4.78 is 26.3. The van der Waals surface area contributed by atoms with E-state index in [0.29, 0.717) is 25.2 Å². The highest BCUT2D eigenvalue weighted by Gasteiger charge is 2.27. The van der Waals surface area contributed by atoms with Gasteiger partial charge < -0.3 is 10.2 Å². The molecular weight excluding hydrogens is 462 g/mol. The molecule has 0 fully saturated rings. The number of nitrogens with one attached hydrogen (secondary N) is 1. The molecule has 0 radical (unpaired) electrons. The highest BCUT2D eigenvalue weighted by Crippen LogP contribution is 2.22. The van der Waals surface area contributed by atoms with Crippen molar-refractivity contribution in [3.8, 4) is 0 Å². The second kappa shape index (κ2) is 12.7. The standard InChI is InChI=1S/C27H39N3O4S/c1-7-16-28-27(32)23(5)29(19-24-12-9-8-11-21(24)3)26(31)13-10-17-30(35(6,33)34)25-15-14-20(2)22(4)18-25/h8-9,11-12,14-15,18,23H,7,10,13,16-17,19H2,1-6H3,(H,28,32)/t23-/m0/s1. The summed E-state index contributed by atoms with van der Waals surface area (Å²) in [5.74, 6) is -0.373. The smallest absolute Gasteiger partial charge is 0.242 e. The van der Waals surface area contributed by atoms with Gasteiger partial charge >= 0.3 is 0 Å². The average Bonchev–Trinajstić information content (AvgIpc) is 2.80. The molecule has 0 heterocycles. The van der Waals surface area contributed by atoms with Gasteiger partial charge in [0.1, 0.15) is 6.04 Å². The van der Waals surface area contributed by atoms with Crippen molar-refractivity contribution in [2.75, 3.05) is 23.7 Å². The molecule has 8 heteroatoms. The van der Waals surface area contributed by atoms with Crippen LogP contribution in [0.1, 0.15) is 55.4 Å². The third kappa shape index (κ3) is 8.09. The summed E-state index contributed by atoms with van der Waals surface area (Å²) in [4.78, 5) is 27.6. The lowest BCUT2D eigenvalue weighted by Gasteiger charge is -2.30. The van der Waals surface area contributed by atoms with Crippen molar-refractivity contribution in [1.29, 1.82) is 0 Å². The van der Waals surface area contributed by atoms with Crippen molar-refractivity contribution in [1.82, 2.24) is 10.2 Å². The first-order valence-electron chi connectivity index (χ1n) is 12.1. The Bertz CT molecular complexity index is 1130. The van der Waals surface area contributed by atoms with Gasteiger partial charge in [0, 0.05) is 26.1 Å². The van der Waals surface area contributed by atoms with E-state index in [4.69, 9.17) is 0 Å². The van der Waals surface area contributed by atoms with E-state index in [9.17, 15) is 18.0 Å². The van der Waals surface area contributed by atoms with Gasteiger partial charge in [0.2, 0.25) is 21.8 Å². The maximum absolute atomic E-state index is 13.3. The lowest BCUT2D eigenvalue weighted by molar-refractivity contribution is -0.140. The highest BCUT2D eigenvalue weighted by molar-refractivity contribution is 7.92. The highest BCUT2D eigenvalue weighted by atomic mass is 32.2. The first-order chi connectivity index (χ1) is 16.5. The molecule has 1 N–H and O–H groups in total. The molecule has 0 saturated heterocycles. The van der Waals surface area contributed by atoms with Crippen LogP contribution in [0, 0.1) is 20.8 Å². The SMILES string of the molecule is CCCNC(=O)[C@H](C)N(Cc1ccccc1C)C(=O)CCCN(c1ccc(C)c(C)c1)S(C)(=O)=O. The summed E-state index contributed by atoms with van der Waals surface area (Å²) in [5.41, 5.74) is 4.70. The molecule has 1 atom stereocenters. The number of benzene rings is 2. The number of hydrogen-bond donors (Lipinski definition) is 1. The average molecular weight is 502 g/mol. The van der Waals surface area contributed by atoms with Crippen LogP contribution < -0.4 is 9.62 Å². The molecule has 2 aromatic carbocycles. The summed E-state index contributed by atoms with van der Waals surface area (Å²) >= 11 is 0. The van der Waals surface area contributed by atoms with Crippen LogP contribution in [0.4, 0.5) is 5.69 Å². The zero-order chi connectivity index (χ0) is 26.2. The fourth-order valence-corrected chi connectivity index (χ4v) is 4.79. The second-order valence-corrected chi connectivity index (χ2v) is 11.0. The Morgan fingerprint density at radius 1 is 1.00 bits per heavy atom. The minimum Gasteiger partial charge on any atom is -0.354 e. The van der Waals surface area contributed by atoms with Gasteiger partial charge in [-0.3, -0.25) is 13.9 Å². The lowest BCUT2D eigenvalue weighted by atomic mass is 10.1. The Kier molecular flexibility index (Phi) is 10.3. The van der Waals surface area contributed by atoms with Crippen molar-refractivity contribution in [2.24, 2.45) is 0 Å². The molecule has 35 heavy (non-hydrogen) atoms. The minimum atomic E-state index is -3.52. The Morgan fingerprint density at radius 3 is 2.29 bits per heavy atom. The zero-order valence-corrected chi connectivity index (χ0v) is 22.6. The van der Waals surface area contributed by atoms with E-state index in [0.717, 1.165) is 28.7 Å².